The van der Waals surface area contributed by atoms with Crippen LogP contribution in [0.5, 0.6) is 0 Å². The molecule has 0 aliphatic rings. The summed E-state index contributed by atoms with van der Waals surface area (Å²) in [4.78, 5) is 6.35. The molecule has 0 fully saturated rings. The Kier molecular flexibility index (Phi) is 4.90. The summed E-state index contributed by atoms with van der Waals surface area (Å²) in [6.45, 7) is 9.22. The molecule has 22 heavy (non-hydrogen) atoms. The van der Waals surface area contributed by atoms with E-state index in [0.29, 0.717) is 19.6 Å². The fourth-order valence-corrected chi connectivity index (χ4v) is 2.83. The first-order chi connectivity index (χ1) is 10.2. The number of hydrogen-bond donors (Lipinski definition) is 2. The fourth-order valence-electron chi connectivity index (χ4n) is 2.83. The lowest BCUT2D eigenvalue weighted by Gasteiger charge is -2.27. The molecule has 1 aromatic heterocycles. The van der Waals surface area contributed by atoms with Crippen LogP contribution in [0.1, 0.15) is 25.0 Å². The highest BCUT2D eigenvalue weighted by Crippen LogP contribution is 2.18. The molecule has 1 aromatic carbocycles. The van der Waals surface area contributed by atoms with E-state index in [9.17, 15) is 10.2 Å². The Morgan fingerprint density at radius 1 is 1.27 bits per heavy atom. The number of nitrogens with zero attached hydrogens (tertiary/aromatic N) is 3. The molecule has 2 aromatic rings. The third-order valence-corrected chi connectivity index (χ3v) is 3.82. The van der Waals surface area contributed by atoms with Crippen molar-refractivity contribution in [1.29, 1.82) is 0 Å². The number of fused-ring (bicyclic) bond motifs is 1. The molecule has 0 amide bonds. The van der Waals surface area contributed by atoms with Gasteiger partial charge in [0, 0.05) is 13.1 Å². The maximum absolute atomic E-state index is 10.3. The lowest BCUT2D eigenvalue weighted by Crippen LogP contribution is -2.40. The van der Waals surface area contributed by atoms with Crippen LogP contribution in [0.3, 0.4) is 0 Å². The standard InChI is InChI=1S/C17H27N3O2/c1-12-6-15-16(7-13(12)2)20(11-18-15)9-14(21)8-19(5)10-17(3,4)22/h6-7,11,14,21-22H,8-10H2,1-5H3. The zero-order valence-corrected chi connectivity index (χ0v) is 14.2. The second kappa shape index (κ2) is 6.36. The van der Waals surface area contributed by atoms with Crippen molar-refractivity contribution in [2.24, 2.45) is 0 Å². The number of likely N-dealkylation sites (N-methyl/N-ethyl adjacent to an activating group) is 1. The first kappa shape index (κ1) is 16.9. The Labute approximate surface area is 132 Å². The Morgan fingerprint density at radius 3 is 2.55 bits per heavy atom. The summed E-state index contributed by atoms with van der Waals surface area (Å²) >= 11 is 0. The molecule has 0 bridgehead atoms. The zero-order chi connectivity index (χ0) is 16.5. The van der Waals surface area contributed by atoms with Gasteiger partial charge in [0.05, 0.1) is 35.6 Å². The van der Waals surface area contributed by atoms with E-state index >= 15 is 0 Å². The van der Waals surface area contributed by atoms with Crippen molar-refractivity contribution in [3.63, 3.8) is 0 Å². The van der Waals surface area contributed by atoms with Crippen molar-refractivity contribution in [3.05, 3.63) is 29.6 Å². The van der Waals surface area contributed by atoms with Crippen molar-refractivity contribution < 1.29 is 10.2 Å². The molecule has 2 N–H and O–H groups in total. The molecule has 0 saturated heterocycles. The number of rotatable bonds is 6. The van der Waals surface area contributed by atoms with Gasteiger partial charge in [0.15, 0.2) is 0 Å². The Hall–Kier alpha value is -1.43. The highest BCUT2D eigenvalue weighted by molar-refractivity contribution is 5.77. The monoisotopic (exact) mass is 305 g/mol. The summed E-state index contributed by atoms with van der Waals surface area (Å²) in [7, 11) is 1.90. The van der Waals surface area contributed by atoms with Crippen molar-refractivity contribution in [2.75, 3.05) is 20.1 Å². The van der Waals surface area contributed by atoms with Gasteiger partial charge in [-0.25, -0.2) is 4.98 Å². The quantitative estimate of drug-likeness (QED) is 0.853. The third-order valence-electron chi connectivity index (χ3n) is 3.82. The number of aliphatic hydroxyl groups is 2. The normalized spacial score (nSPS) is 14.0. The highest BCUT2D eigenvalue weighted by Gasteiger charge is 2.18. The van der Waals surface area contributed by atoms with Crippen LogP contribution in [-0.2, 0) is 6.54 Å². The summed E-state index contributed by atoms with van der Waals surface area (Å²) in [5, 5.41) is 20.1. The minimum atomic E-state index is -0.759. The maximum Gasteiger partial charge on any atom is 0.0959 e. The number of benzene rings is 1. The van der Waals surface area contributed by atoms with E-state index in [4.69, 9.17) is 0 Å². The molecular weight excluding hydrogens is 278 g/mol. The lowest BCUT2D eigenvalue weighted by atomic mass is 10.1. The van der Waals surface area contributed by atoms with Gasteiger partial charge in [-0.15, -0.1) is 0 Å². The molecule has 0 saturated carbocycles. The fraction of sp³-hybridized carbons (Fsp3) is 0.588. The van der Waals surface area contributed by atoms with Crippen LogP contribution >= 0.6 is 0 Å². The van der Waals surface area contributed by atoms with E-state index in [1.807, 2.05) is 16.5 Å². The van der Waals surface area contributed by atoms with Gasteiger partial charge in [-0.3, -0.25) is 0 Å². The minimum Gasteiger partial charge on any atom is -0.390 e. The smallest absolute Gasteiger partial charge is 0.0959 e. The Balaban J connectivity index is 2.06. The topological polar surface area (TPSA) is 61.5 Å². The largest absolute Gasteiger partial charge is 0.390 e. The van der Waals surface area contributed by atoms with Crippen molar-refractivity contribution in [1.82, 2.24) is 14.5 Å². The molecule has 122 valence electrons. The summed E-state index contributed by atoms with van der Waals surface area (Å²) < 4.78 is 1.99. The van der Waals surface area contributed by atoms with Gasteiger partial charge in [0.1, 0.15) is 0 Å². The van der Waals surface area contributed by atoms with Crippen molar-refractivity contribution >= 4 is 11.0 Å². The van der Waals surface area contributed by atoms with E-state index in [1.165, 1.54) is 11.1 Å². The first-order valence-electron chi connectivity index (χ1n) is 7.67. The average Bonchev–Trinajstić information content (AvgIpc) is 2.70. The molecule has 1 atom stereocenters. The first-order valence-corrected chi connectivity index (χ1v) is 7.67. The summed E-state index contributed by atoms with van der Waals surface area (Å²) in [6.07, 6.45) is 1.27. The molecule has 1 heterocycles. The van der Waals surface area contributed by atoms with E-state index in [1.54, 1.807) is 20.2 Å². The number of aryl methyl sites for hydroxylation is 2. The SMILES string of the molecule is Cc1cc2ncn(CC(O)CN(C)CC(C)(C)O)c2cc1C. The molecule has 5 nitrogen and oxygen atoms in total. The van der Waals surface area contributed by atoms with Crippen LogP contribution in [0.15, 0.2) is 18.5 Å². The van der Waals surface area contributed by atoms with Gasteiger partial charge >= 0.3 is 0 Å². The zero-order valence-electron chi connectivity index (χ0n) is 14.2. The molecule has 5 heteroatoms. The average molecular weight is 305 g/mol. The van der Waals surface area contributed by atoms with Crippen LogP contribution in [0.4, 0.5) is 0 Å². The van der Waals surface area contributed by atoms with Gasteiger partial charge in [0.25, 0.3) is 0 Å². The van der Waals surface area contributed by atoms with E-state index in [0.717, 1.165) is 11.0 Å². The molecular formula is C17H27N3O2. The maximum atomic E-state index is 10.3. The molecule has 0 aliphatic heterocycles. The van der Waals surface area contributed by atoms with Gasteiger partial charge in [-0.2, -0.15) is 0 Å². The number of hydrogen-bond acceptors (Lipinski definition) is 4. The van der Waals surface area contributed by atoms with Gasteiger partial charge in [0.2, 0.25) is 0 Å². The summed E-state index contributed by atoms with van der Waals surface area (Å²) in [6, 6.07) is 4.19. The third kappa shape index (κ3) is 4.29. The molecule has 2 rings (SSSR count). The van der Waals surface area contributed by atoms with Crippen molar-refractivity contribution in [2.45, 2.75) is 45.9 Å². The second-order valence-electron chi connectivity index (χ2n) is 6.99. The minimum absolute atomic E-state index is 0.495. The molecule has 1 unspecified atom stereocenters. The van der Waals surface area contributed by atoms with Gasteiger partial charge in [-0.05, 0) is 58.0 Å². The predicted octanol–water partition coefficient (Wildman–Crippen LogP) is 1.72. The van der Waals surface area contributed by atoms with Gasteiger partial charge < -0.3 is 19.7 Å². The molecule has 0 spiro atoms. The van der Waals surface area contributed by atoms with Crippen molar-refractivity contribution in [3.8, 4) is 0 Å². The molecule has 0 radical (unpaired) electrons. The van der Waals surface area contributed by atoms with Crippen LogP contribution in [0, 0.1) is 13.8 Å². The van der Waals surface area contributed by atoms with Crippen LogP contribution in [-0.4, -0.2) is 56.5 Å². The van der Waals surface area contributed by atoms with Crippen LogP contribution in [0.2, 0.25) is 0 Å². The highest BCUT2D eigenvalue weighted by atomic mass is 16.3. The van der Waals surface area contributed by atoms with Crippen LogP contribution in [0.25, 0.3) is 11.0 Å². The predicted molar refractivity (Wildman–Crippen MR) is 89.0 cm³/mol. The number of aromatic nitrogens is 2. The molecule has 0 aliphatic carbocycles. The summed E-state index contributed by atoms with van der Waals surface area (Å²) in [5.74, 6) is 0. The van der Waals surface area contributed by atoms with Gasteiger partial charge in [-0.1, -0.05) is 0 Å². The van der Waals surface area contributed by atoms with Crippen LogP contribution < -0.4 is 0 Å². The van der Waals surface area contributed by atoms with E-state index in [2.05, 4.69) is 31.0 Å². The number of imidazole rings is 1. The second-order valence-corrected chi connectivity index (χ2v) is 6.99. The summed E-state index contributed by atoms with van der Waals surface area (Å²) in [5.41, 5.74) is 3.70. The number of aliphatic hydroxyl groups excluding tert-OH is 1. The lowest BCUT2D eigenvalue weighted by molar-refractivity contribution is 0.0262. The van der Waals surface area contributed by atoms with E-state index in [-0.39, 0.29) is 0 Å². The van der Waals surface area contributed by atoms with E-state index < -0.39 is 11.7 Å². The Morgan fingerprint density at radius 2 is 1.91 bits per heavy atom. The Bertz CT molecular complexity index is 643.